The molecule has 0 fully saturated rings. The minimum atomic E-state index is -0.418. The monoisotopic (exact) mass is 387 g/mol. The van der Waals surface area contributed by atoms with Crippen molar-refractivity contribution in [2.75, 3.05) is 19.0 Å². The summed E-state index contributed by atoms with van der Waals surface area (Å²) in [6.07, 6.45) is 0.557. The zero-order valence-corrected chi connectivity index (χ0v) is 16.2. The normalized spacial score (nSPS) is 12.0. The van der Waals surface area contributed by atoms with Crippen molar-refractivity contribution < 1.29 is 14.1 Å². The van der Waals surface area contributed by atoms with Gasteiger partial charge in [0.05, 0.1) is 17.3 Å². The number of thiazole rings is 1. The Bertz CT molecular complexity index is 908. The molecule has 9 heteroatoms. The fraction of sp³-hybridized carbons (Fsp3) is 0.333. The first-order valence-corrected chi connectivity index (χ1v) is 9.34. The number of hydrogen-bond acceptors (Lipinski definition) is 7. The van der Waals surface area contributed by atoms with Crippen LogP contribution in [-0.4, -0.2) is 34.9 Å². The van der Waals surface area contributed by atoms with E-state index >= 15 is 0 Å². The lowest BCUT2D eigenvalue weighted by Crippen LogP contribution is -2.31. The maximum absolute atomic E-state index is 12.3. The molecule has 0 aliphatic carbocycles. The first-order valence-electron chi connectivity index (χ1n) is 8.46. The van der Waals surface area contributed by atoms with E-state index in [4.69, 9.17) is 9.26 Å². The molecular weight excluding hydrogens is 366 g/mol. The van der Waals surface area contributed by atoms with Crippen LogP contribution in [0.1, 0.15) is 29.7 Å². The van der Waals surface area contributed by atoms with Gasteiger partial charge in [-0.15, -0.1) is 11.3 Å². The van der Waals surface area contributed by atoms with Gasteiger partial charge in [0.25, 0.3) is 0 Å². The maximum atomic E-state index is 12.3. The third-order valence-electron chi connectivity index (χ3n) is 3.77. The summed E-state index contributed by atoms with van der Waals surface area (Å²) in [6, 6.07) is 6.77. The van der Waals surface area contributed by atoms with Crippen molar-refractivity contribution in [1.82, 2.24) is 20.4 Å². The molecule has 0 radical (unpaired) electrons. The number of aromatic nitrogens is 3. The summed E-state index contributed by atoms with van der Waals surface area (Å²) >= 11 is 1.59. The fourth-order valence-electron chi connectivity index (χ4n) is 2.42. The Morgan fingerprint density at radius 3 is 2.96 bits per heavy atom. The zero-order valence-electron chi connectivity index (χ0n) is 15.4. The van der Waals surface area contributed by atoms with Crippen molar-refractivity contribution in [3.05, 3.63) is 46.4 Å². The third-order valence-corrected chi connectivity index (χ3v) is 4.54. The Labute approximate surface area is 161 Å². The molecule has 142 valence electrons. The highest BCUT2D eigenvalue weighted by molar-refractivity contribution is 7.09. The maximum Gasteiger partial charge on any atom is 0.319 e. The van der Waals surface area contributed by atoms with Crippen LogP contribution < -0.4 is 10.6 Å². The second kappa shape index (κ2) is 8.74. The number of ether oxygens (including phenoxy) is 1. The number of methoxy groups -OCH3 is 1. The van der Waals surface area contributed by atoms with Gasteiger partial charge in [-0.3, -0.25) is 0 Å². The first-order chi connectivity index (χ1) is 13.0. The molecule has 1 unspecified atom stereocenters. The molecule has 0 spiro atoms. The lowest BCUT2D eigenvalue weighted by molar-refractivity contribution is 0.199. The van der Waals surface area contributed by atoms with Crippen LogP contribution in [0.25, 0.3) is 11.3 Å². The molecule has 2 amide bonds. The van der Waals surface area contributed by atoms with Gasteiger partial charge >= 0.3 is 6.03 Å². The summed E-state index contributed by atoms with van der Waals surface area (Å²) in [5.41, 5.74) is 2.52. The second-order valence-electron chi connectivity index (χ2n) is 5.94. The van der Waals surface area contributed by atoms with Gasteiger partial charge in [0.15, 0.2) is 5.82 Å². The summed E-state index contributed by atoms with van der Waals surface area (Å²) in [5.74, 6) is 0.898. The van der Waals surface area contributed by atoms with E-state index in [-0.39, 0.29) is 6.03 Å². The van der Waals surface area contributed by atoms with Crippen molar-refractivity contribution in [3.8, 4) is 11.3 Å². The van der Waals surface area contributed by atoms with Gasteiger partial charge in [-0.1, -0.05) is 17.3 Å². The minimum Gasteiger partial charge on any atom is -0.384 e. The van der Waals surface area contributed by atoms with Crippen molar-refractivity contribution >= 4 is 23.1 Å². The molecule has 1 aromatic carbocycles. The van der Waals surface area contributed by atoms with Crippen LogP contribution in [0.2, 0.25) is 0 Å². The molecule has 0 saturated carbocycles. The summed E-state index contributed by atoms with van der Waals surface area (Å²) < 4.78 is 10.2. The summed E-state index contributed by atoms with van der Waals surface area (Å²) in [6.45, 7) is 4.25. The van der Waals surface area contributed by atoms with Crippen LogP contribution in [0.4, 0.5) is 10.5 Å². The number of rotatable bonds is 7. The van der Waals surface area contributed by atoms with Gasteiger partial charge < -0.3 is 19.9 Å². The highest BCUT2D eigenvalue weighted by atomic mass is 32.1. The molecular formula is C18H21N5O3S. The third kappa shape index (κ3) is 5.11. The Morgan fingerprint density at radius 2 is 2.22 bits per heavy atom. The molecule has 2 aromatic heterocycles. The van der Waals surface area contributed by atoms with Crippen LogP contribution >= 0.6 is 11.3 Å². The average Bonchev–Trinajstić information content (AvgIpc) is 3.29. The van der Waals surface area contributed by atoms with Gasteiger partial charge in [-0.05, 0) is 26.0 Å². The number of carbonyl (C=O) groups is 1. The quantitative estimate of drug-likeness (QED) is 0.642. The molecule has 0 bridgehead atoms. The number of nitrogens with zero attached hydrogens (tertiary/aromatic N) is 3. The number of benzene rings is 1. The highest BCUT2D eigenvalue weighted by Crippen LogP contribution is 2.24. The molecule has 27 heavy (non-hydrogen) atoms. The lowest BCUT2D eigenvalue weighted by atomic mass is 10.1. The molecule has 1 atom stereocenters. The Hall–Kier alpha value is -2.78. The smallest absolute Gasteiger partial charge is 0.319 e. The number of amides is 2. The van der Waals surface area contributed by atoms with E-state index in [0.717, 1.165) is 16.3 Å². The van der Waals surface area contributed by atoms with E-state index in [2.05, 4.69) is 25.8 Å². The van der Waals surface area contributed by atoms with E-state index in [1.165, 1.54) is 0 Å². The van der Waals surface area contributed by atoms with Crippen LogP contribution in [0, 0.1) is 6.92 Å². The molecule has 8 nitrogen and oxygen atoms in total. The number of hydrogen-bond donors (Lipinski definition) is 2. The van der Waals surface area contributed by atoms with Crippen LogP contribution in [0.3, 0.4) is 0 Å². The van der Waals surface area contributed by atoms with Gasteiger partial charge in [-0.25, -0.2) is 9.78 Å². The van der Waals surface area contributed by atoms with Crippen LogP contribution in [0.15, 0.2) is 34.2 Å². The molecule has 0 saturated heterocycles. The standard InChI is InChI=1S/C18H21N5O3S/c1-11(17-22-16(23-26-17)7-8-25-3)19-18(24)21-14-6-4-5-13(9-14)15-10-27-12(2)20-15/h4-6,9-11H,7-8H2,1-3H3,(H2,19,21,24). The van der Waals surface area contributed by atoms with Crippen molar-refractivity contribution in [3.63, 3.8) is 0 Å². The number of nitrogens with one attached hydrogen (secondary N) is 2. The lowest BCUT2D eigenvalue weighted by Gasteiger charge is -2.11. The van der Waals surface area contributed by atoms with E-state index in [1.54, 1.807) is 25.4 Å². The largest absolute Gasteiger partial charge is 0.384 e. The number of anilines is 1. The van der Waals surface area contributed by atoms with Crippen molar-refractivity contribution in [2.45, 2.75) is 26.3 Å². The molecule has 3 aromatic rings. The van der Waals surface area contributed by atoms with Crippen LogP contribution in [-0.2, 0) is 11.2 Å². The average molecular weight is 387 g/mol. The molecule has 0 aliphatic heterocycles. The SMILES string of the molecule is COCCc1noc(C(C)NC(=O)Nc2cccc(-c3csc(C)n3)c2)n1. The Morgan fingerprint density at radius 1 is 1.37 bits per heavy atom. The molecule has 3 rings (SSSR count). The van der Waals surface area contributed by atoms with Gasteiger partial charge in [0.1, 0.15) is 6.04 Å². The first kappa shape index (κ1) is 19.0. The van der Waals surface area contributed by atoms with E-state index in [9.17, 15) is 4.79 Å². The molecule has 2 N–H and O–H groups in total. The van der Waals surface area contributed by atoms with E-state index < -0.39 is 6.04 Å². The van der Waals surface area contributed by atoms with E-state index in [1.807, 2.05) is 36.6 Å². The van der Waals surface area contributed by atoms with Crippen LogP contribution in [0.5, 0.6) is 0 Å². The summed E-state index contributed by atoms with van der Waals surface area (Å²) in [4.78, 5) is 21.0. The second-order valence-corrected chi connectivity index (χ2v) is 7.01. The number of aryl methyl sites for hydroxylation is 1. The van der Waals surface area contributed by atoms with Gasteiger partial charge in [0.2, 0.25) is 5.89 Å². The van der Waals surface area contributed by atoms with E-state index in [0.29, 0.717) is 30.4 Å². The molecule has 0 aliphatic rings. The zero-order chi connectivity index (χ0) is 19.2. The number of urea groups is 1. The summed E-state index contributed by atoms with van der Waals surface area (Å²) in [7, 11) is 1.61. The predicted octanol–water partition coefficient (Wildman–Crippen LogP) is 3.57. The number of carbonyl (C=O) groups excluding carboxylic acids is 1. The van der Waals surface area contributed by atoms with Gasteiger partial charge in [0, 0.05) is 30.2 Å². The molecule has 2 heterocycles. The van der Waals surface area contributed by atoms with Gasteiger partial charge in [-0.2, -0.15) is 4.98 Å². The Kier molecular flexibility index (Phi) is 6.15. The fourth-order valence-corrected chi connectivity index (χ4v) is 3.04. The van der Waals surface area contributed by atoms with Crippen molar-refractivity contribution in [2.24, 2.45) is 0 Å². The Balaban J connectivity index is 1.59. The topological polar surface area (TPSA) is 102 Å². The highest BCUT2D eigenvalue weighted by Gasteiger charge is 2.17. The van der Waals surface area contributed by atoms with Crippen molar-refractivity contribution in [1.29, 1.82) is 0 Å². The summed E-state index contributed by atoms with van der Waals surface area (Å²) in [5, 5.41) is 12.5. The minimum absolute atomic E-state index is 0.350. The predicted molar refractivity (Wildman–Crippen MR) is 103 cm³/mol.